The molecule has 0 radical (unpaired) electrons. The second-order valence-electron chi connectivity index (χ2n) is 5.92. The minimum atomic E-state index is 0.379. The zero-order valence-electron chi connectivity index (χ0n) is 13.1. The van der Waals surface area contributed by atoms with Crippen molar-refractivity contribution in [3.8, 4) is 5.75 Å². The summed E-state index contributed by atoms with van der Waals surface area (Å²) in [4.78, 5) is 0. The van der Waals surface area contributed by atoms with E-state index < -0.39 is 0 Å². The van der Waals surface area contributed by atoms with Gasteiger partial charge in [-0.25, -0.2) is 0 Å². The predicted octanol–water partition coefficient (Wildman–Crippen LogP) is 3.74. The SMILES string of the molecule is COc1cccc2c1CCNC2Cc1cc(C)ccc1C. The first-order valence-electron chi connectivity index (χ1n) is 7.64. The summed E-state index contributed by atoms with van der Waals surface area (Å²) in [5.74, 6) is 1.03. The highest BCUT2D eigenvalue weighted by molar-refractivity contribution is 5.44. The molecule has 0 aromatic heterocycles. The third-order valence-electron chi connectivity index (χ3n) is 4.46. The zero-order chi connectivity index (χ0) is 14.8. The van der Waals surface area contributed by atoms with Crippen LogP contribution < -0.4 is 10.1 Å². The van der Waals surface area contributed by atoms with Crippen LogP contribution in [0.15, 0.2) is 36.4 Å². The molecule has 0 fully saturated rings. The van der Waals surface area contributed by atoms with E-state index in [0.717, 1.165) is 25.1 Å². The molecular weight excluding hydrogens is 258 g/mol. The van der Waals surface area contributed by atoms with Crippen LogP contribution in [0.2, 0.25) is 0 Å². The number of hydrogen-bond donors (Lipinski definition) is 1. The van der Waals surface area contributed by atoms with Gasteiger partial charge in [-0.2, -0.15) is 0 Å². The van der Waals surface area contributed by atoms with Gasteiger partial charge in [-0.1, -0.05) is 35.9 Å². The van der Waals surface area contributed by atoms with Crippen LogP contribution in [-0.2, 0) is 12.8 Å². The molecule has 3 rings (SSSR count). The Labute approximate surface area is 127 Å². The van der Waals surface area contributed by atoms with Crippen molar-refractivity contribution in [2.45, 2.75) is 32.7 Å². The molecule has 0 amide bonds. The van der Waals surface area contributed by atoms with Crippen LogP contribution in [0.25, 0.3) is 0 Å². The van der Waals surface area contributed by atoms with E-state index in [4.69, 9.17) is 4.74 Å². The van der Waals surface area contributed by atoms with Gasteiger partial charge in [0.2, 0.25) is 0 Å². The van der Waals surface area contributed by atoms with Gasteiger partial charge >= 0.3 is 0 Å². The summed E-state index contributed by atoms with van der Waals surface area (Å²) in [5, 5.41) is 3.67. The van der Waals surface area contributed by atoms with Crippen molar-refractivity contribution in [2.24, 2.45) is 0 Å². The number of rotatable bonds is 3. The standard InChI is InChI=1S/C19H23NO/c1-13-7-8-14(2)15(11-13)12-18-16-5-4-6-19(21-3)17(16)9-10-20-18/h4-8,11,18,20H,9-10,12H2,1-3H3. The van der Waals surface area contributed by atoms with Gasteiger partial charge in [-0.05, 0) is 56.0 Å². The summed E-state index contributed by atoms with van der Waals surface area (Å²) in [6, 6.07) is 13.5. The van der Waals surface area contributed by atoms with Crippen molar-refractivity contribution >= 4 is 0 Å². The van der Waals surface area contributed by atoms with Crippen LogP contribution >= 0.6 is 0 Å². The van der Waals surface area contributed by atoms with Gasteiger partial charge in [-0.15, -0.1) is 0 Å². The number of nitrogens with one attached hydrogen (secondary N) is 1. The lowest BCUT2D eigenvalue weighted by molar-refractivity contribution is 0.400. The van der Waals surface area contributed by atoms with Gasteiger partial charge in [0.1, 0.15) is 5.75 Å². The fourth-order valence-electron chi connectivity index (χ4n) is 3.27. The second kappa shape index (κ2) is 5.90. The van der Waals surface area contributed by atoms with Crippen LogP contribution in [0.1, 0.15) is 33.9 Å². The Bertz CT molecular complexity index is 648. The Morgan fingerprint density at radius 1 is 1.19 bits per heavy atom. The van der Waals surface area contributed by atoms with E-state index in [0.29, 0.717) is 6.04 Å². The van der Waals surface area contributed by atoms with E-state index in [2.05, 4.69) is 55.6 Å². The monoisotopic (exact) mass is 281 g/mol. The van der Waals surface area contributed by atoms with Crippen molar-refractivity contribution in [2.75, 3.05) is 13.7 Å². The Kier molecular flexibility index (Phi) is 3.98. The largest absolute Gasteiger partial charge is 0.496 e. The molecule has 1 atom stereocenters. The van der Waals surface area contributed by atoms with E-state index >= 15 is 0 Å². The normalized spacial score (nSPS) is 17.4. The molecule has 0 bridgehead atoms. The highest BCUT2D eigenvalue weighted by atomic mass is 16.5. The van der Waals surface area contributed by atoms with Gasteiger partial charge in [-0.3, -0.25) is 0 Å². The lowest BCUT2D eigenvalue weighted by Gasteiger charge is -2.28. The maximum Gasteiger partial charge on any atom is 0.122 e. The van der Waals surface area contributed by atoms with Crippen LogP contribution in [0.4, 0.5) is 0 Å². The van der Waals surface area contributed by atoms with E-state index in [-0.39, 0.29) is 0 Å². The molecule has 2 aromatic carbocycles. The quantitative estimate of drug-likeness (QED) is 0.925. The minimum Gasteiger partial charge on any atom is -0.496 e. The van der Waals surface area contributed by atoms with E-state index in [1.165, 1.54) is 27.8 Å². The Morgan fingerprint density at radius 3 is 2.86 bits per heavy atom. The van der Waals surface area contributed by atoms with Gasteiger partial charge in [0, 0.05) is 11.6 Å². The molecular formula is C19H23NO. The number of benzene rings is 2. The average molecular weight is 281 g/mol. The Hall–Kier alpha value is -1.80. The van der Waals surface area contributed by atoms with Crippen LogP contribution in [-0.4, -0.2) is 13.7 Å². The van der Waals surface area contributed by atoms with Gasteiger partial charge in [0.15, 0.2) is 0 Å². The summed E-state index contributed by atoms with van der Waals surface area (Å²) in [6.45, 7) is 5.38. The maximum atomic E-state index is 5.53. The van der Waals surface area contributed by atoms with Crippen LogP contribution in [0.3, 0.4) is 0 Å². The minimum absolute atomic E-state index is 0.379. The summed E-state index contributed by atoms with van der Waals surface area (Å²) in [6.07, 6.45) is 2.08. The summed E-state index contributed by atoms with van der Waals surface area (Å²) >= 11 is 0. The molecule has 110 valence electrons. The molecule has 1 unspecified atom stereocenters. The van der Waals surface area contributed by atoms with Crippen molar-refractivity contribution in [1.82, 2.24) is 5.32 Å². The molecule has 0 saturated heterocycles. The third kappa shape index (κ3) is 2.81. The predicted molar refractivity (Wildman–Crippen MR) is 87.1 cm³/mol. The molecule has 2 aromatic rings. The van der Waals surface area contributed by atoms with Crippen molar-refractivity contribution < 1.29 is 4.74 Å². The molecule has 21 heavy (non-hydrogen) atoms. The fourth-order valence-corrected chi connectivity index (χ4v) is 3.27. The van der Waals surface area contributed by atoms with Crippen molar-refractivity contribution in [1.29, 1.82) is 0 Å². The first-order valence-corrected chi connectivity index (χ1v) is 7.64. The van der Waals surface area contributed by atoms with E-state index in [1.807, 2.05) is 0 Å². The molecule has 1 heterocycles. The average Bonchev–Trinajstić information content (AvgIpc) is 2.50. The lowest BCUT2D eigenvalue weighted by Crippen LogP contribution is -2.31. The molecule has 0 saturated carbocycles. The number of fused-ring (bicyclic) bond motifs is 1. The fraction of sp³-hybridized carbons (Fsp3) is 0.368. The molecule has 1 N–H and O–H groups in total. The summed E-state index contributed by atoms with van der Waals surface area (Å²) in [5.41, 5.74) is 6.90. The molecule has 2 heteroatoms. The second-order valence-corrected chi connectivity index (χ2v) is 5.92. The lowest BCUT2D eigenvalue weighted by atomic mass is 9.88. The first kappa shape index (κ1) is 14.2. The zero-order valence-corrected chi connectivity index (χ0v) is 13.1. The Morgan fingerprint density at radius 2 is 2.05 bits per heavy atom. The van der Waals surface area contributed by atoms with E-state index in [9.17, 15) is 0 Å². The smallest absolute Gasteiger partial charge is 0.122 e. The number of hydrogen-bond acceptors (Lipinski definition) is 2. The molecule has 0 aliphatic carbocycles. The van der Waals surface area contributed by atoms with Crippen LogP contribution in [0, 0.1) is 13.8 Å². The van der Waals surface area contributed by atoms with Crippen LogP contribution in [0.5, 0.6) is 5.75 Å². The third-order valence-corrected chi connectivity index (χ3v) is 4.46. The summed E-state index contributed by atoms with van der Waals surface area (Å²) < 4.78 is 5.53. The number of aryl methyl sites for hydroxylation is 2. The summed E-state index contributed by atoms with van der Waals surface area (Å²) in [7, 11) is 1.76. The first-order chi connectivity index (χ1) is 10.2. The number of methoxy groups -OCH3 is 1. The van der Waals surface area contributed by atoms with Gasteiger partial charge in [0.25, 0.3) is 0 Å². The van der Waals surface area contributed by atoms with Crippen molar-refractivity contribution in [3.05, 3.63) is 64.2 Å². The van der Waals surface area contributed by atoms with E-state index in [1.54, 1.807) is 7.11 Å². The molecule has 1 aliphatic rings. The molecule has 2 nitrogen and oxygen atoms in total. The maximum absolute atomic E-state index is 5.53. The topological polar surface area (TPSA) is 21.3 Å². The molecule has 1 aliphatic heterocycles. The van der Waals surface area contributed by atoms with Crippen molar-refractivity contribution in [3.63, 3.8) is 0 Å². The Balaban J connectivity index is 1.94. The highest BCUT2D eigenvalue weighted by Crippen LogP contribution is 2.32. The highest BCUT2D eigenvalue weighted by Gasteiger charge is 2.22. The number of ether oxygens (including phenoxy) is 1. The van der Waals surface area contributed by atoms with Gasteiger partial charge < -0.3 is 10.1 Å². The molecule has 0 spiro atoms. The van der Waals surface area contributed by atoms with Gasteiger partial charge in [0.05, 0.1) is 7.11 Å².